The van der Waals surface area contributed by atoms with Crippen LogP contribution in [0.2, 0.25) is 5.02 Å². The van der Waals surface area contributed by atoms with Crippen LogP contribution in [0.1, 0.15) is 16.7 Å². The van der Waals surface area contributed by atoms with E-state index in [0.717, 1.165) is 22.4 Å². The highest BCUT2D eigenvalue weighted by molar-refractivity contribution is 8.00. The Hall–Kier alpha value is -3.41. The quantitative estimate of drug-likeness (QED) is 0.220. The Kier molecular flexibility index (Phi) is 5.75. The lowest BCUT2D eigenvalue weighted by Gasteiger charge is -2.34. The molecule has 5 aromatic rings. The first kappa shape index (κ1) is 20.5. The summed E-state index contributed by atoms with van der Waals surface area (Å²) in [6.07, 6.45) is 0. The van der Waals surface area contributed by atoms with Crippen molar-refractivity contribution in [3.63, 3.8) is 0 Å². The van der Waals surface area contributed by atoms with Crippen LogP contribution in [0.15, 0.2) is 120 Å². The Morgan fingerprint density at radius 1 is 0.656 bits per heavy atom. The molecule has 0 atom stereocenters. The van der Waals surface area contributed by atoms with Crippen LogP contribution < -0.4 is 0 Å². The minimum Gasteiger partial charge on any atom is -0.130 e. The number of hydrogen-bond acceptors (Lipinski definition) is 4. The average molecular weight is 455 g/mol. The number of tetrazole rings is 1. The molecule has 156 valence electrons. The second-order valence-electron chi connectivity index (χ2n) is 7.22. The summed E-state index contributed by atoms with van der Waals surface area (Å²) < 4.78 is -0.613. The summed E-state index contributed by atoms with van der Waals surface area (Å²) in [7, 11) is 0. The van der Waals surface area contributed by atoms with E-state index >= 15 is 0 Å². The Morgan fingerprint density at radius 2 is 1.22 bits per heavy atom. The van der Waals surface area contributed by atoms with Gasteiger partial charge in [-0.3, -0.25) is 0 Å². The molecule has 0 N–H and O–H groups in total. The molecular formula is C26H19ClN4S. The van der Waals surface area contributed by atoms with Crippen LogP contribution in [0.5, 0.6) is 0 Å². The van der Waals surface area contributed by atoms with E-state index in [-0.39, 0.29) is 0 Å². The Morgan fingerprint density at radius 3 is 1.81 bits per heavy atom. The maximum absolute atomic E-state index is 6.46. The van der Waals surface area contributed by atoms with Crippen LogP contribution >= 0.6 is 23.4 Å². The summed E-state index contributed by atoms with van der Waals surface area (Å²) in [5.41, 5.74) is 4.12. The number of thioether (sulfide) groups is 1. The van der Waals surface area contributed by atoms with Crippen LogP contribution in [-0.2, 0) is 4.75 Å². The summed E-state index contributed by atoms with van der Waals surface area (Å²) in [5.74, 6) is 0. The minimum atomic E-state index is -0.613. The van der Waals surface area contributed by atoms with Gasteiger partial charge in [0.15, 0.2) is 0 Å². The van der Waals surface area contributed by atoms with Crippen molar-refractivity contribution in [3.8, 4) is 5.69 Å². The van der Waals surface area contributed by atoms with Crippen LogP contribution in [-0.4, -0.2) is 20.2 Å². The summed E-state index contributed by atoms with van der Waals surface area (Å²) >= 11 is 8.01. The molecule has 0 spiro atoms. The Balaban J connectivity index is 1.70. The second-order valence-corrected chi connectivity index (χ2v) is 8.84. The van der Waals surface area contributed by atoms with Crippen molar-refractivity contribution in [2.24, 2.45) is 0 Å². The molecule has 0 fully saturated rings. The van der Waals surface area contributed by atoms with E-state index in [1.54, 1.807) is 16.6 Å². The van der Waals surface area contributed by atoms with E-state index in [9.17, 15) is 0 Å². The van der Waals surface area contributed by atoms with Gasteiger partial charge in [-0.15, -0.1) is 15.0 Å². The summed E-state index contributed by atoms with van der Waals surface area (Å²) in [5, 5.41) is 14.6. The van der Waals surface area contributed by atoms with Crippen molar-refractivity contribution in [2.75, 3.05) is 0 Å². The van der Waals surface area contributed by atoms with Gasteiger partial charge in [0, 0.05) is 5.02 Å². The van der Waals surface area contributed by atoms with Crippen LogP contribution in [0.4, 0.5) is 0 Å². The van der Waals surface area contributed by atoms with Gasteiger partial charge in [-0.05, 0) is 46.2 Å². The molecule has 0 aliphatic rings. The SMILES string of the molecule is Clc1cccc(C(Sc2nnn(-c3ccccc3)n2)(c2ccccc2)c2ccccc2)c1. The standard InChI is InChI=1S/C26H19ClN4S/c27-23-16-10-15-22(19-23)26(20-11-4-1-5-12-20,21-13-6-2-7-14-21)32-25-28-30-31(29-25)24-17-8-3-9-18-24/h1-19H. The van der Waals surface area contributed by atoms with Crippen molar-refractivity contribution in [1.29, 1.82) is 0 Å². The fourth-order valence-corrected chi connectivity index (χ4v) is 5.19. The molecule has 0 amide bonds. The van der Waals surface area contributed by atoms with Gasteiger partial charge in [0.2, 0.25) is 5.16 Å². The number of halogens is 1. The van der Waals surface area contributed by atoms with Gasteiger partial charge in [0.1, 0.15) is 0 Å². The fraction of sp³-hybridized carbons (Fsp3) is 0.0385. The first-order valence-corrected chi connectivity index (χ1v) is 11.4. The number of hydrogen-bond donors (Lipinski definition) is 0. The molecule has 5 rings (SSSR count). The van der Waals surface area contributed by atoms with E-state index < -0.39 is 4.75 Å². The van der Waals surface area contributed by atoms with Crippen LogP contribution in [0, 0.1) is 0 Å². The van der Waals surface area contributed by atoms with Gasteiger partial charge in [-0.2, -0.15) is 0 Å². The molecule has 0 radical (unpaired) electrons. The summed E-state index contributed by atoms with van der Waals surface area (Å²) in [4.78, 5) is 1.56. The van der Waals surface area contributed by atoms with Crippen molar-refractivity contribution >= 4 is 23.4 Å². The zero-order chi connectivity index (χ0) is 21.8. The number of aromatic nitrogens is 4. The molecule has 0 aliphatic carbocycles. The zero-order valence-corrected chi connectivity index (χ0v) is 18.6. The molecule has 0 bridgehead atoms. The molecule has 32 heavy (non-hydrogen) atoms. The van der Waals surface area contributed by atoms with Gasteiger partial charge in [-0.25, -0.2) is 0 Å². The Labute approximate surface area is 195 Å². The lowest BCUT2D eigenvalue weighted by Crippen LogP contribution is -2.25. The first-order chi connectivity index (χ1) is 15.8. The van der Waals surface area contributed by atoms with Gasteiger partial charge >= 0.3 is 0 Å². The van der Waals surface area contributed by atoms with Gasteiger partial charge < -0.3 is 0 Å². The molecule has 6 heteroatoms. The number of nitrogens with zero attached hydrogens (tertiary/aromatic N) is 4. The van der Waals surface area contributed by atoms with Crippen molar-refractivity contribution < 1.29 is 0 Å². The Bertz CT molecular complexity index is 1270. The molecule has 1 aromatic heterocycles. The molecule has 1 heterocycles. The van der Waals surface area contributed by atoms with E-state index in [0.29, 0.717) is 10.2 Å². The topological polar surface area (TPSA) is 43.6 Å². The van der Waals surface area contributed by atoms with Crippen LogP contribution in [0.3, 0.4) is 0 Å². The highest BCUT2D eigenvalue weighted by Gasteiger charge is 2.39. The zero-order valence-electron chi connectivity index (χ0n) is 17.0. The van der Waals surface area contributed by atoms with E-state index in [2.05, 4.69) is 45.7 Å². The first-order valence-electron chi connectivity index (χ1n) is 10.2. The second kappa shape index (κ2) is 8.99. The third-order valence-corrected chi connectivity index (χ3v) is 6.81. The number of para-hydroxylation sites is 1. The van der Waals surface area contributed by atoms with Gasteiger partial charge in [0.25, 0.3) is 0 Å². The van der Waals surface area contributed by atoms with Crippen molar-refractivity contribution in [1.82, 2.24) is 20.2 Å². The lowest BCUT2D eigenvalue weighted by atomic mass is 9.84. The highest BCUT2D eigenvalue weighted by atomic mass is 35.5. The van der Waals surface area contributed by atoms with E-state index in [1.807, 2.05) is 84.9 Å². The largest absolute Gasteiger partial charge is 0.233 e. The van der Waals surface area contributed by atoms with Crippen molar-refractivity contribution in [3.05, 3.63) is 137 Å². The smallest absolute Gasteiger partial charge is 0.130 e. The molecule has 0 saturated carbocycles. The summed E-state index contributed by atoms with van der Waals surface area (Å²) in [6.45, 7) is 0. The maximum atomic E-state index is 6.46. The van der Waals surface area contributed by atoms with Gasteiger partial charge in [0.05, 0.1) is 10.4 Å². The molecule has 0 aliphatic heterocycles. The number of benzene rings is 4. The third-order valence-electron chi connectivity index (χ3n) is 5.22. The predicted octanol–water partition coefficient (Wildman–Crippen LogP) is 6.40. The van der Waals surface area contributed by atoms with Crippen molar-refractivity contribution in [2.45, 2.75) is 9.90 Å². The molecule has 0 unspecified atom stereocenters. The fourth-order valence-electron chi connectivity index (χ4n) is 3.78. The highest BCUT2D eigenvalue weighted by Crippen LogP contribution is 2.51. The summed E-state index contributed by atoms with van der Waals surface area (Å²) in [6, 6.07) is 38.5. The van der Waals surface area contributed by atoms with Gasteiger partial charge in [-0.1, -0.05) is 114 Å². The minimum absolute atomic E-state index is 0.571. The van der Waals surface area contributed by atoms with E-state index in [1.165, 1.54) is 0 Å². The molecule has 0 saturated heterocycles. The third kappa shape index (κ3) is 3.93. The average Bonchev–Trinajstić information content (AvgIpc) is 3.33. The lowest BCUT2D eigenvalue weighted by molar-refractivity contribution is 0.716. The molecule has 4 aromatic carbocycles. The van der Waals surface area contributed by atoms with Crippen LogP contribution in [0.25, 0.3) is 5.69 Å². The monoisotopic (exact) mass is 454 g/mol. The number of rotatable bonds is 6. The predicted molar refractivity (Wildman–Crippen MR) is 129 cm³/mol. The maximum Gasteiger partial charge on any atom is 0.233 e. The normalized spacial score (nSPS) is 11.4. The van der Waals surface area contributed by atoms with E-state index in [4.69, 9.17) is 11.6 Å². The molecular weight excluding hydrogens is 436 g/mol. The molecule has 4 nitrogen and oxygen atoms in total.